The highest BCUT2D eigenvalue weighted by atomic mass is 79.9. The smallest absolute Gasteiger partial charge is 0.256 e. The van der Waals surface area contributed by atoms with Crippen LogP contribution < -0.4 is 15.4 Å². The predicted molar refractivity (Wildman–Crippen MR) is 97.1 cm³/mol. The van der Waals surface area contributed by atoms with Crippen molar-refractivity contribution in [2.24, 2.45) is 0 Å². The second-order valence-electron chi connectivity index (χ2n) is 5.87. The van der Waals surface area contributed by atoms with Crippen molar-refractivity contribution < 1.29 is 18.7 Å². The van der Waals surface area contributed by atoms with E-state index < -0.39 is 0 Å². The number of nitrogens with one attached hydrogen (secondary N) is 2. The summed E-state index contributed by atoms with van der Waals surface area (Å²) >= 11 is 3.37. The van der Waals surface area contributed by atoms with Gasteiger partial charge in [0.2, 0.25) is 5.91 Å². The molecule has 1 aromatic carbocycles. The molecule has 25 heavy (non-hydrogen) atoms. The Morgan fingerprint density at radius 3 is 2.84 bits per heavy atom. The number of fused-ring (bicyclic) bond motifs is 1. The third kappa shape index (κ3) is 3.87. The summed E-state index contributed by atoms with van der Waals surface area (Å²) < 4.78 is 11.8. The number of hydrogen-bond acceptors (Lipinski definition) is 4. The van der Waals surface area contributed by atoms with Crippen LogP contribution in [0.25, 0.3) is 0 Å². The van der Waals surface area contributed by atoms with Crippen molar-refractivity contribution in [2.45, 2.75) is 26.7 Å². The molecular formula is C18H19BrN2O4. The Kier molecular flexibility index (Phi) is 5.13. The van der Waals surface area contributed by atoms with Gasteiger partial charge in [-0.3, -0.25) is 9.59 Å². The minimum absolute atomic E-state index is 0.0415. The van der Waals surface area contributed by atoms with Crippen molar-refractivity contribution in [3.8, 4) is 5.75 Å². The molecule has 3 rings (SSSR count). The Labute approximate surface area is 154 Å². The van der Waals surface area contributed by atoms with Crippen LogP contribution in [0.4, 0.5) is 5.69 Å². The fourth-order valence-electron chi connectivity index (χ4n) is 2.79. The molecular weight excluding hydrogens is 388 g/mol. The van der Waals surface area contributed by atoms with Gasteiger partial charge in [0.1, 0.15) is 23.9 Å². The van der Waals surface area contributed by atoms with E-state index in [0.29, 0.717) is 47.5 Å². The maximum atomic E-state index is 12.2. The lowest BCUT2D eigenvalue weighted by molar-refractivity contribution is -0.116. The van der Waals surface area contributed by atoms with Crippen molar-refractivity contribution in [1.29, 1.82) is 0 Å². The molecule has 2 aromatic rings. The molecule has 0 fully saturated rings. The van der Waals surface area contributed by atoms with Crippen molar-refractivity contribution in [2.75, 3.05) is 18.5 Å². The van der Waals surface area contributed by atoms with Gasteiger partial charge < -0.3 is 19.8 Å². The Morgan fingerprint density at radius 1 is 1.32 bits per heavy atom. The second kappa shape index (κ2) is 7.31. The third-order valence-corrected chi connectivity index (χ3v) is 5.00. The molecule has 132 valence electrons. The fraction of sp³-hybridized carbons (Fsp3) is 0.333. The van der Waals surface area contributed by atoms with Crippen LogP contribution in [0.3, 0.4) is 0 Å². The van der Waals surface area contributed by atoms with Gasteiger partial charge in [0.25, 0.3) is 5.91 Å². The summed E-state index contributed by atoms with van der Waals surface area (Å²) in [5.74, 6) is 1.83. The van der Waals surface area contributed by atoms with Crippen LogP contribution in [0.15, 0.2) is 27.1 Å². The molecule has 7 heteroatoms. The molecule has 0 aliphatic carbocycles. The molecule has 1 aliphatic heterocycles. The quantitative estimate of drug-likeness (QED) is 0.745. The Balaban J connectivity index is 1.52. The summed E-state index contributed by atoms with van der Waals surface area (Å²) in [6.45, 7) is 4.29. The van der Waals surface area contributed by atoms with Crippen molar-refractivity contribution in [3.05, 3.63) is 45.3 Å². The molecule has 0 saturated heterocycles. The van der Waals surface area contributed by atoms with Crippen LogP contribution in [0.5, 0.6) is 5.75 Å². The van der Waals surface area contributed by atoms with Gasteiger partial charge in [0.15, 0.2) is 0 Å². The third-order valence-electron chi connectivity index (χ3n) is 4.04. The summed E-state index contributed by atoms with van der Waals surface area (Å²) in [5.41, 5.74) is 2.42. The van der Waals surface area contributed by atoms with E-state index in [4.69, 9.17) is 9.15 Å². The summed E-state index contributed by atoms with van der Waals surface area (Å²) in [6.07, 6.45) is 1.20. The van der Waals surface area contributed by atoms with Crippen LogP contribution in [0.2, 0.25) is 0 Å². The van der Waals surface area contributed by atoms with Gasteiger partial charge in [-0.25, -0.2) is 0 Å². The van der Waals surface area contributed by atoms with Gasteiger partial charge in [0, 0.05) is 12.1 Å². The van der Waals surface area contributed by atoms with E-state index in [1.807, 2.05) is 18.2 Å². The van der Waals surface area contributed by atoms with E-state index in [1.54, 1.807) is 13.8 Å². The number of anilines is 1. The zero-order valence-corrected chi connectivity index (χ0v) is 15.7. The Hall–Kier alpha value is -2.28. The minimum atomic E-state index is -0.196. The number of benzene rings is 1. The molecule has 0 spiro atoms. The number of furan rings is 1. The molecule has 0 atom stereocenters. The summed E-state index contributed by atoms with van der Waals surface area (Å²) in [4.78, 5) is 23.6. The van der Waals surface area contributed by atoms with Gasteiger partial charge in [-0.15, -0.1) is 0 Å². The lowest BCUT2D eigenvalue weighted by atomic mass is 10.0. The van der Waals surface area contributed by atoms with E-state index in [9.17, 15) is 9.59 Å². The highest BCUT2D eigenvalue weighted by Crippen LogP contribution is 2.28. The van der Waals surface area contributed by atoms with E-state index in [0.717, 1.165) is 17.0 Å². The molecule has 1 aromatic heterocycles. The highest BCUT2D eigenvalue weighted by Gasteiger charge is 2.19. The Morgan fingerprint density at radius 2 is 2.12 bits per heavy atom. The average Bonchev–Trinajstić information content (AvgIpc) is 2.84. The standard InChI is InChI=1S/C18H19BrN2O4/c1-10-16(17(19)11(2)25-10)18(23)20-7-8-24-13-4-5-14-12(9-13)3-6-15(22)21-14/h4-5,9H,3,6-8H2,1-2H3,(H,20,23)(H,21,22). The van der Waals surface area contributed by atoms with Crippen LogP contribution in [0.1, 0.15) is 33.9 Å². The number of halogens is 1. The summed E-state index contributed by atoms with van der Waals surface area (Å²) in [6, 6.07) is 5.58. The summed E-state index contributed by atoms with van der Waals surface area (Å²) in [7, 11) is 0. The molecule has 2 amide bonds. The Bertz CT molecular complexity index is 829. The first-order valence-corrected chi connectivity index (χ1v) is 8.84. The molecule has 2 N–H and O–H groups in total. The molecule has 6 nitrogen and oxygen atoms in total. The molecule has 0 unspecified atom stereocenters. The highest BCUT2D eigenvalue weighted by molar-refractivity contribution is 9.10. The number of hydrogen-bond donors (Lipinski definition) is 2. The van der Waals surface area contributed by atoms with Gasteiger partial charge >= 0.3 is 0 Å². The number of carbonyl (C=O) groups is 2. The number of ether oxygens (including phenoxy) is 1. The van der Waals surface area contributed by atoms with Gasteiger partial charge in [-0.2, -0.15) is 0 Å². The van der Waals surface area contributed by atoms with E-state index in [1.165, 1.54) is 0 Å². The number of rotatable bonds is 5. The molecule has 1 aliphatic rings. The SMILES string of the molecule is Cc1oc(C)c(C(=O)NCCOc2ccc3c(c2)CCC(=O)N3)c1Br. The summed E-state index contributed by atoms with van der Waals surface area (Å²) in [5, 5.41) is 5.66. The predicted octanol–water partition coefficient (Wildman–Crippen LogP) is 3.35. The molecule has 0 saturated carbocycles. The average molecular weight is 407 g/mol. The van der Waals surface area contributed by atoms with E-state index >= 15 is 0 Å². The first-order chi connectivity index (χ1) is 12.0. The lowest BCUT2D eigenvalue weighted by Crippen LogP contribution is -2.28. The number of carbonyl (C=O) groups excluding carboxylic acids is 2. The van der Waals surface area contributed by atoms with Crippen LogP contribution >= 0.6 is 15.9 Å². The molecule has 0 bridgehead atoms. The van der Waals surface area contributed by atoms with Crippen LogP contribution in [0, 0.1) is 13.8 Å². The maximum absolute atomic E-state index is 12.2. The van der Waals surface area contributed by atoms with Crippen LogP contribution in [-0.2, 0) is 11.2 Å². The van der Waals surface area contributed by atoms with Crippen molar-refractivity contribution in [1.82, 2.24) is 5.32 Å². The molecule has 0 radical (unpaired) electrons. The number of amides is 2. The van der Waals surface area contributed by atoms with Gasteiger partial charge in [-0.1, -0.05) is 0 Å². The number of aryl methyl sites for hydroxylation is 3. The normalized spacial score (nSPS) is 13.2. The van der Waals surface area contributed by atoms with Crippen molar-refractivity contribution >= 4 is 33.4 Å². The second-order valence-corrected chi connectivity index (χ2v) is 6.67. The van der Waals surface area contributed by atoms with Gasteiger partial charge in [0.05, 0.1) is 16.6 Å². The lowest BCUT2D eigenvalue weighted by Gasteiger charge is -2.17. The molecule has 2 heterocycles. The van der Waals surface area contributed by atoms with E-state index in [2.05, 4.69) is 26.6 Å². The van der Waals surface area contributed by atoms with Crippen LogP contribution in [-0.4, -0.2) is 25.0 Å². The largest absolute Gasteiger partial charge is 0.492 e. The van der Waals surface area contributed by atoms with Gasteiger partial charge in [-0.05, 0) is 60.0 Å². The van der Waals surface area contributed by atoms with E-state index in [-0.39, 0.29) is 11.8 Å². The zero-order valence-electron chi connectivity index (χ0n) is 14.1. The first kappa shape index (κ1) is 17.5. The fourth-order valence-corrected chi connectivity index (χ4v) is 3.33. The first-order valence-electron chi connectivity index (χ1n) is 8.05. The zero-order chi connectivity index (χ0) is 18.0. The topological polar surface area (TPSA) is 80.6 Å². The maximum Gasteiger partial charge on any atom is 0.256 e. The minimum Gasteiger partial charge on any atom is -0.492 e. The van der Waals surface area contributed by atoms with Crippen molar-refractivity contribution in [3.63, 3.8) is 0 Å². The monoisotopic (exact) mass is 406 g/mol.